The number of hydrogen-bond acceptors (Lipinski definition) is 4. The van der Waals surface area contributed by atoms with E-state index in [1.165, 1.54) is 25.3 Å². The molecular formula is C28H29Cl2N3O3. The molecule has 3 aromatic rings. The Kier molecular flexibility index (Phi) is 8.86. The van der Waals surface area contributed by atoms with Crippen molar-refractivity contribution in [3.63, 3.8) is 0 Å². The zero-order valence-electron chi connectivity index (χ0n) is 19.9. The van der Waals surface area contributed by atoms with Gasteiger partial charge in [0.25, 0.3) is 11.8 Å². The van der Waals surface area contributed by atoms with Crippen LogP contribution in [0, 0.1) is 0 Å². The maximum absolute atomic E-state index is 12.7. The molecule has 4 rings (SSSR count). The van der Waals surface area contributed by atoms with Gasteiger partial charge in [0, 0.05) is 36.3 Å². The molecule has 0 atom stereocenters. The summed E-state index contributed by atoms with van der Waals surface area (Å²) in [6.07, 6.45) is 3.76. The topological polar surface area (TPSA) is 81.7 Å². The van der Waals surface area contributed by atoms with Gasteiger partial charge in [0.1, 0.15) is 5.75 Å². The third kappa shape index (κ3) is 6.78. The second-order valence-corrected chi connectivity index (χ2v) is 9.71. The summed E-state index contributed by atoms with van der Waals surface area (Å²) >= 11 is 12.1. The average molecular weight is 526 g/mol. The molecule has 0 radical (unpaired) electrons. The molecule has 0 aliphatic carbocycles. The second kappa shape index (κ2) is 12.3. The Balaban J connectivity index is 1.31. The van der Waals surface area contributed by atoms with Crippen molar-refractivity contribution in [3.8, 4) is 16.9 Å². The predicted octanol–water partition coefficient (Wildman–Crippen LogP) is 5.51. The molecule has 0 saturated carbocycles. The highest BCUT2D eigenvalue weighted by Crippen LogP contribution is 2.34. The number of halogens is 2. The van der Waals surface area contributed by atoms with E-state index in [1.54, 1.807) is 42.5 Å². The molecule has 6 nitrogen and oxygen atoms in total. The van der Waals surface area contributed by atoms with Gasteiger partial charge in [-0.25, -0.2) is 0 Å². The third-order valence-corrected chi connectivity index (χ3v) is 7.06. The highest BCUT2D eigenvalue weighted by molar-refractivity contribution is 6.42. The Hall–Kier alpha value is -3.06. The van der Waals surface area contributed by atoms with Crippen LogP contribution in [0.1, 0.15) is 45.5 Å². The fourth-order valence-corrected chi connectivity index (χ4v) is 4.54. The van der Waals surface area contributed by atoms with Crippen LogP contribution in [0.2, 0.25) is 10.0 Å². The molecule has 3 aromatic carbocycles. The number of phenolic OH excluding ortho intramolecular Hbond substituents is 1. The van der Waals surface area contributed by atoms with Gasteiger partial charge in [-0.2, -0.15) is 0 Å². The van der Waals surface area contributed by atoms with Crippen molar-refractivity contribution in [1.82, 2.24) is 15.5 Å². The number of nitrogens with one attached hydrogen (secondary N) is 2. The van der Waals surface area contributed by atoms with Gasteiger partial charge >= 0.3 is 0 Å². The summed E-state index contributed by atoms with van der Waals surface area (Å²) in [4.78, 5) is 27.6. The van der Waals surface area contributed by atoms with Crippen LogP contribution in [0.5, 0.6) is 5.75 Å². The standard InChI is InChI=1S/C28H29Cl2N3O3/c29-24-10-8-21(17-25(24)30)23-16-22(9-11-26(23)34)28(36)32-18-19-4-6-20(7-5-19)27(35)31-12-15-33-13-2-1-3-14-33/h4-11,16-17,34H,1-3,12-15,18H2,(H,31,35)(H,32,36). The lowest BCUT2D eigenvalue weighted by Gasteiger charge is -2.26. The van der Waals surface area contributed by atoms with E-state index in [1.807, 2.05) is 12.1 Å². The summed E-state index contributed by atoms with van der Waals surface area (Å²) < 4.78 is 0. The molecule has 0 unspecified atom stereocenters. The number of nitrogens with zero attached hydrogens (tertiary/aromatic N) is 1. The van der Waals surface area contributed by atoms with Gasteiger partial charge in [-0.05, 0) is 79.5 Å². The summed E-state index contributed by atoms with van der Waals surface area (Å²) in [6.45, 7) is 4.03. The maximum Gasteiger partial charge on any atom is 0.251 e. The van der Waals surface area contributed by atoms with Gasteiger partial charge in [-0.3, -0.25) is 9.59 Å². The van der Waals surface area contributed by atoms with Crippen molar-refractivity contribution >= 4 is 35.0 Å². The molecule has 8 heteroatoms. The van der Waals surface area contributed by atoms with Gasteiger partial charge in [-0.1, -0.05) is 47.8 Å². The number of likely N-dealkylation sites (tertiary alicyclic amines) is 1. The van der Waals surface area contributed by atoms with Crippen LogP contribution in [0.15, 0.2) is 60.7 Å². The largest absolute Gasteiger partial charge is 0.507 e. The number of phenols is 1. The Labute approximate surface area is 221 Å². The van der Waals surface area contributed by atoms with E-state index in [0.29, 0.717) is 45.4 Å². The second-order valence-electron chi connectivity index (χ2n) is 8.90. The van der Waals surface area contributed by atoms with Crippen LogP contribution in [0.25, 0.3) is 11.1 Å². The number of carbonyl (C=O) groups excluding carboxylic acids is 2. The smallest absolute Gasteiger partial charge is 0.251 e. The molecular weight excluding hydrogens is 497 g/mol. The molecule has 188 valence electrons. The van der Waals surface area contributed by atoms with Crippen molar-refractivity contribution in [3.05, 3.63) is 87.4 Å². The average Bonchev–Trinajstić information content (AvgIpc) is 2.90. The number of amides is 2. The quantitative estimate of drug-likeness (QED) is 0.362. The van der Waals surface area contributed by atoms with Crippen molar-refractivity contribution in [2.24, 2.45) is 0 Å². The lowest BCUT2D eigenvalue weighted by molar-refractivity contribution is 0.0939. The summed E-state index contributed by atoms with van der Waals surface area (Å²) in [5.74, 6) is -0.341. The van der Waals surface area contributed by atoms with E-state index in [-0.39, 0.29) is 17.6 Å². The zero-order chi connectivity index (χ0) is 25.5. The lowest BCUT2D eigenvalue weighted by Crippen LogP contribution is -2.37. The van der Waals surface area contributed by atoms with E-state index in [2.05, 4.69) is 15.5 Å². The fraction of sp³-hybridized carbons (Fsp3) is 0.286. The number of hydrogen-bond donors (Lipinski definition) is 3. The van der Waals surface area contributed by atoms with E-state index < -0.39 is 0 Å². The maximum atomic E-state index is 12.7. The highest BCUT2D eigenvalue weighted by Gasteiger charge is 2.13. The molecule has 1 heterocycles. The molecule has 0 aromatic heterocycles. The number of rotatable bonds is 8. The number of aromatic hydroxyl groups is 1. The van der Waals surface area contributed by atoms with Crippen LogP contribution in [-0.4, -0.2) is 48.0 Å². The highest BCUT2D eigenvalue weighted by atomic mass is 35.5. The number of carbonyl (C=O) groups is 2. The fourth-order valence-electron chi connectivity index (χ4n) is 4.24. The molecule has 1 aliphatic rings. The first-order valence-electron chi connectivity index (χ1n) is 12.1. The van der Waals surface area contributed by atoms with Gasteiger partial charge in [0.15, 0.2) is 0 Å². The Morgan fingerprint density at radius 1 is 0.806 bits per heavy atom. The normalized spacial score (nSPS) is 13.8. The SMILES string of the molecule is O=C(NCCN1CCCCC1)c1ccc(CNC(=O)c2ccc(O)c(-c3ccc(Cl)c(Cl)c3)c2)cc1. The lowest BCUT2D eigenvalue weighted by atomic mass is 10.0. The van der Waals surface area contributed by atoms with E-state index >= 15 is 0 Å². The minimum absolute atomic E-state index is 0.0368. The van der Waals surface area contributed by atoms with E-state index in [0.717, 1.165) is 25.2 Å². The van der Waals surface area contributed by atoms with Crippen molar-refractivity contribution in [1.29, 1.82) is 0 Å². The number of piperidine rings is 1. The van der Waals surface area contributed by atoms with Gasteiger partial charge < -0.3 is 20.6 Å². The molecule has 3 N–H and O–H groups in total. The predicted molar refractivity (Wildman–Crippen MR) is 144 cm³/mol. The summed E-state index contributed by atoms with van der Waals surface area (Å²) in [5, 5.41) is 16.9. The summed E-state index contributed by atoms with van der Waals surface area (Å²) in [7, 11) is 0. The Morgan fingerprint density at radius 2 is 1.50 bits per heavy atom. The molecule has 1 saturated heterocycles. The van der Waals surface area contributed by atoms with Crippen LogP contribution >= 0.6 is 23.2 Å². The zero-order valence-corrected chi connectivity index (χ0v) is 21.4. The van der Waals surface area contributed by atoms with Crippen LogP contribution < -0.4 is 10.6 Å². The first kappa shape index (κ1) is 26.0. The van der Waals surface area contributed by atoms with Crippen molar-refractivity contribution < 1.29 is 14.7 Å². The Bertz CT molecular complexity index is 1230. The van der Waals surface area contributed by atoms with Gasteiger partial charge in [0.05, 0.1) is 10.0 Å². The minimum atomic E-state index is -0.282. The van der Waals surface area contributed by atoms with Crippen molar-refractivity contribution in [2.75, 3.05) is 26.2 Å². The van der Waals surface area contributed by atoms with E-state index in [9.17, 15) is 14.7 Å². The molecule has 1 fully saturated rings. The first-order valence-corrected chi connectivity index (χ1v) is 12.8. The third-order valence-electron chi connectivity index (χ3n) is 6.32. The van der Waals surface area contributed by atoms with Crippen molar-refractivity contribution in [2.45, 2.75) is 25.8 Å². The van der Waals surface area contributed by atoms with Gasteiger partial charge in [0.2, 0.25) is 0 Å². The molecule has 2 amide bonds. The van der Waals surface area contributed by atoms with Gasteiger partial charge in [-0.15, -0.1) is 0 Å². The minimum Gasteiger partial charge on any atom is -0.507 e. The summed E-state index contributed by atoms with van der Waals surface area (Å²) in [6, 6.07) is 16.9. The Morgan fingerprint density at radius 3 is 2.22 bits per heavy atom. The first-order chi connectivity index (χ1) is 17.4. The monoisotopic (exact) mass is 525 g/mol. The van der Waals surface area contributed by atoms with Crippen LogP contribution in [0.3, 0.4) is 0 Å². The van der Waals surface area contributed by atoms with E-state index in [4.69, 9.17) is 23.2 Å². The van der Waals surface area contributed by atoms with Crippen LogP contribution in [-0.2, 0) is 6.54 Å². The number of benzene rings is 3. The molecule has 1 aliphatic heterocycles. The molecule has 0 bridgehead atoms. The molecule has 0 spiro atoms. The molecule has 36 heavy (non-hydrogen) atoms. The summed E-state index contributed by atoms with van der Waals surface area (Å²) in [5.41, 5.74) is 3.00. The van der Waals surface area contributed by atoms with Crippen LogP contribution in [0.4, 0.5) is 0 Å².